The van der Waals surface area contributed by atoms with Crippen LogP contribution >= 0.6 is 0 Å². The summed E-state index contributed by atoms with van der Waals surface area (Å²) in [6.07, 6.45) is 3.80. The highest BCUT2D eigenvalue weighted by Gasteiger charge is 2.34. The van der Waals surface area contributed by atoms with Crippen molar-refractivity contribution in [2.75, 3.05) is 25.2 Å². The van der Waals surface area contributed by atoms with Gasteiger partial charge < -0.3 is 9.64 Å². The zero-order chi connectivity index (χ0) is 17.7. The maximum atomic E-state index is 12.6. The third-order valence-electron chi connectivity index (χ3n) is 4.03. The first-order valence-electron chi connectivity index (χ1n) is 8.14. The van der Waals surface area contributed by atoms with E-state index in [1.165, 1.54) is 6.08 Å². The van der Waals surface area contributed by atoms with Gasteiger partial charge in [-0.1, -0.05) is 26.0 Å². The van der Waals surface area contributed by atoms with Gasteiger partial charge >= 0.3 is 0 Å². The van der Waals surface area contributed by atoms with Gasteiger partial charge in [-0.05, 0) is 36.1 Å². The van der Waals surface area contributed by atoms with Crippen molar-refractivity contribution in [2.24, 2.45) is 5.92 Å². The summed E-state index contributed by atoms with van der Waals surface area (Å²) < 4.78 is 28.6. The molecule has 1 saturated heterocycles. The predicted molar refractivity (Wildman–Crippen MR) is 95.6 cm³/mol. The third kappa shape index (κ3) is 5.09. The lowest BCUT2D eigenvalue weighted by Gasteiger charge is -2.28. The number of carbonyl (C=O) groups is 1. The average Bonchev–Trinajstić information content (AvgIpc) is 2.90. The summed E-state index contributed by atoms with van der Waals surface area (Å²) in [5.74, 6) is 1.15. The minimum absolute atomic E-state index is 0.0713. The number of benzene rings is 1. The molecular formula is C18H25NO4S. The molecule has 1 aliphatic heterocycles. The van der Waals surface area contributed by atoms with E-state index in [4.69, 9.17) is 4.74 Å². The molecule has 2 rings (SSSR count). The Kier molecular flexibility index (Phi) is 6.04. The van der Waals surface area contributed by atoms with Crippen molar-refractivity contribution in [3.05, 3.63) is 35.9 Å². The van der Waals surface area contributed by atoms with Crippen molar-refractivity contribution in [1.29, 1.82) is 0 Å². The normalized spacial score (nSPS) is 19.8. The summed E-state index contributed by atoms with van der Waals surface area (Å²) >= 11 is 0. The maximum absolute atomic E-state index is 12.6. The Hall–Kier alpha value is -1.82. The van der Waals surface area contributed by atoms with E-state index in [-0.39, 0.29) is 29.4 Å². The van der Waals surface area contributed by atoms with E-state index in [0.717, 1.165) is 11.3 Å². The zero-order valence-electron chi connectivity index (χ0n) is 14.4. The van der Waals surface area contributed by atoms with Gasteiger partial charge in [-0.25, -0.2) is 8.42 Å². The largest absolute Gasteiger partial charge is 0.497 e. The summed E-state index contributed by atoms with van der Waals surface area (Å²) in [6.45, 7) is 4.61. The van der Waals surface area contributed by atoms with Crippen molar-refractivity contribution >= 4 is 21.8 Å². The summed E-state index contributed by atoms with van der Waals surface area (Å²) in [7, 11) is -1.41. The standard InChI is InChI=1S/C18H25NO4S/c1-14(2)12-19(16-10-11-24(21,22)13-16)18(20)9-6-15-4-7-17(23-3)8-5-15/h4-9,14,16H,10-13H2,1-3H3/b9-6+. The van der Waals surface area contributed by atoms with Crippen LogP contribution in [0.5, 0.6) is 5.75 Å². The second kappa shape index (κ2) is 7.83. The number of methoxy groups -OCH3 is 1. The highest BCUT2D eigenvalue weighted by molar-refractivity contribution is 7.91. The van der Waals surface area contributed by atoms with Crippen LogP contribution in [0.1, 0.15) is 25.8 Å². The summed E-state index contributed by atoms with van der Waals surface area (Å²) in [5, 5.41) is 0. The number of sulfone groups is 1. The van der Waals surface area contributed by atoms with E-state index in [0.29, 0.717) is 13.0 Å². The molecule has 1 atom stereocenters. The summed E-state index contributed by atoms with van der Waals surface area (Å²) in [6, 6.07) is 7.19. The van der Waals surface area contributed by atoms with Crippen LogP contribution in [0.25, 0.3) is 6.08 Å². The lowest BCUT2D eigenvalue weighted by atomic mass is 10.1. The van der Waals surface area contributed by atoms with Gasteiger partial charge in [0.1, 0.15) is 5.75 Å². The molecule has 1 heterocycles. The van der Waals surface area contributed by atoms with Gasteiger partial charge in [0, 0.05) is 18.7 Å². The molecule has 24 heavy (non-hydrogen) atoms. The Balaban J connectivity index is 2.10. The fourth-order valence-electron chi connectivity index (χ4n) is 2.81. The lowest BCUT2D eigenvalue weighted by Crippen LogP contribution is -2.42. The topological polar surface area (TPSA) is 63.7 Å². The van der Waals surface area contributed by atoms with Gasteiger partial charge in [0.2, 0.25) is 5.91 Å². The molecule has 1 aliphatic rings. The molecule has 0 spiro atoms. The molecule has 0 aromatic heterocycles. The minimum Gasteiger partial charge on any atom is -0.497 e. The highest BCUT2D eigenvalue weighted by atomic mass is 32.2. The zero-order valence-corrected chi connectivity index (χ0v) is 15.3. The van der Waals surface area contributed by atoms with Crippen molar-refractivity contribution in [2.45, 2.75) is 26.3 Å². The average molecular weight is 351 g/mol. The van der Waals surface area contributed by atoms with Crippen LogP contribution in [-0.4, -0.2) is 50.4 Å². The fraction of sp³-hybridized carbons (Fsp3) is 0.500. The number of amides is 1. The summed E-state index contributed by atoms with van der Waals surface area (Å²) in [4.78, 5) is 14.3. The molecular weight excluding hydrogens is 326 g/mol. The lowest BCUT2D eigenvalue weighted by molar-refractivity contribution is -0.128. The molecule has 1 fully saturated rings. The van der Waals surface area contributed by atoms with E-state index >= 15 is 0 Å². The van der Waals surface area contributed by atoms with Crippen LogP contribution in [-0.2, 0) is 14.6 Å². The number of carbonyl (C=O) groups excluding carboxylic acids is 1. The number of hydrogen-bond donors (Lipinski definition) is 0. The molecule has 0 N–H and O–H groups in total. The van der Waals surface area contributed by atoms with Crippen LogP contribution in [0.3, 0.4) is 0 Å². The maximum Gasteiger partial charge on any atom is 0.246 e. The van der Waals surface area contributed by atoms with Crippen LogP contribution in [0.15, 0.2) is 30.3 Å². The van der Waals surface area contributed by atoms with Crippen LogP contribution in [0, 0.1) is 5.92 Å². The molecule has 132 valence electrons. The monoisotopic (exact) mass is 351 g/mol. The van der Waals surface area contributed by atoms with Crippen molar-refractivity contribution in [1.82, 2.24) is 4.90 Å². The quantitative estimate of drug-likeness (QED) is 0.738. The molecule has 5 nitrogen and oxygen atoms in total. The van der Waals surface area contributed by atoms with Crippen molar-refractivity contribution < 1.29 is 17.9 Å². The van der Waals surface area contributed by atoms with Gasteiger partial charge in [-0.2, -0.15) is 0 Å². The number of ether oxygens (including phenoxy) is 1. The minimum atomic E-state index is -3.02. The SMILES string of the molecule is COc1ccc(/C=C/C(=O)N(CC(C)C)C2CCS(=O)(=O)C2)cc1. The Labute approximate surface area is 144 Å². The van der Waals surface area contributed by atoms with Gasteiger partial charge in [0.25, 0.3) is 0 Å². The van der Waals surface area contributed by atoms with Crippen LogP contribution in [0.2, 0.25) is 0 Å². The van der Waals surface area contributed by atoms with Gasteiger partial charge in [-0.15, -0.1) is 0 Å². The number of hydrogen-bond acceptors (Lipinski definition) is 4. The molecule has 0 saturated carbocycles. The Bertz CT molecular complexity index is 692. The first-order chi connectivity index (χ1) is 11.3. The molecule has 1 unspecified atom stereocenters. The smallest absolute Gasteiger partial charge is 0.246 e. The van der Waals surface area contributed by atoms with E-state index in [1.807, 2.05) is 38.1 Å². The molecule has 1 aromatic carbocycles. The Morgan fingerprint density at radius 2 is 2.00 bits per heavy atom. The molecule has 0 aliphatic carbocycles. The fourth-order valence-corrected chi connectivity index (χ4v) is 4.54. The number of nitrogens with zero attached hydrogens (tertiary/aromatic N) is 1. The molecule has 0 radical (unpaired) electrons. The van der Waals surface area contributed by atoms with Crippen LogP contribution < -0.4 is 4.74 Å². The van der Waals surface area contributed by atoms with E-state index in [2.05, 4.69) is 0 Å². The second-order valence-electron chi connectivity index (χ2n) is 6.55. The highest BCUT2D eigenvalue weighted by Crippen LogP contribution is 2.20. The van der Waals surface area contributed by atoms with Gasteiger partial charge in [-0.3, -0.25) is 4.79 Å². The summed E-state index contributed by atoms with van der Waals surface area (Å²) in [5.41, 5.74) is 0.896. The molecule has 1 amide bonds. The van der Waals surface area contributed by atoms with E-state index in [9.17, 15) is 13.2 Å². The van der Waals surface area contributed by atoms with Gasteiger partial charge in [0.05, 0.1) is 18.6 Å². The first kappa shape index (κ1) is 18.5. The van der Waals surface area contributed by atoms with Crippen molar-refractivity contribution in [3.63, 3.8) is 0 Å². The van der Waals surface area contributed by atoms with Gasteiger partial charge in [0.15, 0.2) is 9.84 Å². The first-order valence-corrected chi connectivity index (χ1v) is 9.96. The Morgan fingerprint density at radius 3 is 2.50 bits per heavy atom. The Morgan fingerprint density at radius 1 is 1.33 bits per heavy atom. The molecule has 1 aromatic rings. The second-order valence-corrected chi connectivity index (χ2v) is 8.78. The van der Waals surface area contributed by atoms with Crippen LogP contribution in [0.4, 0.5) is 0 Å². The third-order valence-corrected chi connectivity index (χ3v) is 5.78. The molecule has 6 heteroatoms. The van der Waals surface area contributed by atoms with E-state index < -0.39 is 9.84 Å². The molecule has 0 bridgehead atoms. The number of rotatable bonds is 6. The predicted octanol–water partition coefficient (Wildman–Crippen LogP) is 2.38. The van der Waals surface area contributed by atoms with E-state index in [1.54, 1.807) is 18.1 Å². The van der Waals surface area contributed by atoms with Crippen molar-refractivity contribution in [3.8, 4) is 5.75 Å².